The third-order valence-corrected chi connectivity index (χ3v) is 2.08. The van der Waals surface area contributed by atoms with Crippen molar-refractivity contribution < 1.29 is 4.74 Å². The van der Waals surface area contributed by atoms with Crippen molar-refractivity contribution >= 4 is 11.9 Å². The fourth-order valence-corrected chi connectivity index (χ4v) is 1.03. The summed E-state index contributed by atoms with van der Waals surface area (Å²) in [5, 5.41) is 2.89. The van der Waals surface area contributed by atoms with Gasteiger partial charge in [0, 0.05) is 20.6 Å². The number of nitrogens with one attached hydrogen (secondary N) is 1. The first-order valence-electron chi connectivity index (χ1n) is 5.49. The lowest BCUT2D eigenvalue weighted by molar-refractivity contribution is 0.292. The highest BCUT2D eigenvalue weighted by atomic mass is 16.5. The Hall–Kier alpha value is -1.59. The second-order valence-electron chi connectivity index (χ2n) is 3.35. The summed E-state index contributed by atoms with van der Waals surface area (Å²) in [7, 11) is 3.70. The fourth-order valence-electron chi connectivity index (χ4n) is 1.03. The van der Waals surface area contributed by atoms with Gasteiger partial charge in [-0.15, -0.1) is 0 Å². The molecule has 0 radical (unpaired) electrons. The second kappa shape index (κ2) is 6.09. The van der Waals surface area contributed by atoms with Gasteiger partial charge in [-0.1, -0.05) is 6.92 Å². The van der Waals surface area contributed by atoms with Crippen LogP contribution in [0.5, 0.6) is 6.01 Å². The normalized spacial score (nSPS) is 10.0. The van der Waals surface area contributed by atoms with Gasteiger partial charge in [0.2, 0.25) is 11.9 Å². The maximum absolute atomic E-state index is 5.40. The average Bonchev–Trinajstić information content (AvgIpc) is 2.34. The number of anilines is 2. The van der Waals surface area contributed by atoms with Gasteiger partial charge in [0.15, 0.2) is 0 Å². The topological polar surface area (TPSA) is 63.2 Å². The number of rotatable bonds is 6. The summed E-state index contributed by atoms with van der Waals surface area (Å²) in [5.74, 6) is 1.14. The zero-order valence-electron chi connectivity index (χ0n) is 10.3. The standard InChI is InChI=1S/C10H19N5O/c1-5-7-16-10-13-8(11-3)12-9(14-10)15(4)6-2/h5-7H2,1-4H3,(H,11,12,13,14). The van der Waals surface area contributed by atoms with Crippen LogP contribution < -0.4 is 15.0 Å². The maximum atomic E-state index is 5.40. The summed E-state index contributed by atoms with van der Waals surface area (Å²) >= 11 is 0. The minimum absolute atomic E-state index is 0.372. The number of hydrogen-bond donors (Lipinski definition) is 1. The summed E-state index contributed by atoms with van der Waals surface area (Å²) in [6.07, 6.45) is 0.930. The Morgan fingerprint density at radius 1 is 1.25 bits per heavy atom. The van der Waals surface area contributed by atoms with E-state index in [0.29, 0.717) is 24.5 Å². The first kappa shape index (κ1) is 12.5. The summed E-state index contributed by atoms with van der Waals surface area (Å²) in [6.45, 7) is 5.53. The molecule has 90 valence electrons. The third kappa shape index (κ3) is 3.22. The van der Waals surface area contributed by atoms with Gasteiger partial charge in [0.25, 0.3) is 0 Å². The first-order chi connectivity index (χ1) is 7.71. The Bertz CT molecular complexity index is 331. The van der Waals surface area contributed by atoms with Gasteiger partial charge in [-0.3, -0.25) is 0 Å². The van der Waals surface area contributed by atoms with Crippen LogP contribution in [0.1, 0.15) is 20.3 Å². The van der Waals surface area contributed by atoms with Crippen molar-refractivity contribution in [2.75, 3.05) is 37.5 Å². The second-order valence-corrected chi connectivity index (χ2v) is 3.35. The lowest BCUT2D eigenvalue weighted by Crippen LogP contribution is -2.20. The highest BCUT2D eigenvalue weighted by molar-refractivity contribution is 5.36. The highest BCUT2D eigenvalue weighted by Crippen LogP contribution is 2.13. The van der Waals surface area contributed by atoms with E-state index in [1.165, 1.54) is 0 Å². The minimum atomic E-state index is 0.372. The van der Waals surface area contributed by atoms with Crippen molar-refractivity contribution in [1.29, 1.82) is 0 Å². The Balaban J connectivity index is 2.91. The molecule has 6 nitrogen and oxygen atoms in total. The minimum Gasteiger partial charge on any atom is -0.463 e. The molecule has 0 atom stereocenters. The summed E-state index contributed by atoms with van der Waals surface area (Å²) in [6, 6.07) is 0.372. The summed E-state index contributed by atoms with van der Waals surface area (Å²) < 4.78 is 5.40. The average molecular weight is 225 g/mol. The zero-order chi connectivity index (χ0) is 12.0. The van der Waals surface area contributed by atoms with Crippen molar-refractivity contribution in [3.05, 3.63) is 0 Å². The third-order valence-electron chi connectivity index (χ3n) is 2.08. The molecule has 1 rings (SSSR count). The summed E-state index contributed by atoms with van der Waals surface area (Å²) in [5.41, 5.74) is 0. The Morgan fingerprint density at radius 2 is 2.00 bits per heavy atom. The molecule has 1 aromatic rings. The molecule has 0 aliphatic rings. The van der Waals surface area contributed by atoms with Gasteiger partial charge in [-0.2, -0.15) is 15.0 Å². The van der Waals surface area contributed by atoms with Crippen molar-refractivity contribution in [3.63, 3.8) is 0 Å². The number of ether oxygens (including phenoxy) is 1. The van der Waals surface area contributed by atoms with E-state index >= 15 is 0 Å². The largest absolute Gasteiger partial charge is 0.463 e. The van der Waals surface area contributed by atoms with Crippen LogP contribution in [0.4, 0.5) is 11.9 Å². The lowest BCUT2D eigenvalue weighted by Gasteiger charge is -2.15. The Kier molecular flexibility index (Phi) is 4.75. The van der Waals surface area contributed by atoms with Gasteiger partial charge in [-0.05, 0) is 13.3 Å². The molecule has 1 heterocycles. The molecule has 16 heavy (non-hydrogen) atoms. The van der Waals surface area contributed by atoms with Gasteiger partial charge < -0.3 is 15.0 Å². The van der Waals surface area contributed by atoms with Gasteiger partial charge in [0.1, 0.15) is 0 Å². The number of nitrogens with zero attached hydrogens (tertiary/aromatic N) is 4. The van der Waals surface area contributed by atoms with Crippen molar-refractivity contribution in [1.82, 2.24) is 15.0 Å². The summed E-state index contributed by atoms with van der Waals surface area (Å²) in [4.78, 5) is 14.5. The number of aromatic nitrogens is 3. The molecule has 0 aliphatic heterocycles. The van der Waals surface area contributed by atoms with Crippen molar-refractivity contribution in [3.8, 4) is 6.01 Å². The van der Waals surface area contributed by atoms with E-state index in [9.17, 15) is 0 Å². The number of hydrogen-bond acceptors (Lipinski definition) is 6. The van der Waals surface area contributed by atoms with E-state index < -0.39 is 0 Å². The predicted octanol–water partition coefficient (Wildman–Crippen LogP) is 1.16. The molecular formula is C10H19N5O. The molecule has 0 spiro atoms. The Labute approximate surface area is 96.1 Å². The zero-order valence-corrected chi connectivity index (χ0v) is 10.3. The molecule has 6 heteroatoms. The van der Waals surface area contributed by atoms with Crippen LogP contribution in [0.15, 0.2) is 0 Å². The van der Waals surface area contributed by atoms with E-state index in [2.05, 4.69) is 20.3 Å². The van der Waals surface area contributed by atoms with Gasteiger partial charge in [-0.25, -0.2) is 0 Å². The quantitative estimate of drug-likeness (QED) is 0.783. The predicted molar refractivity (Wildman–Crippen MR) is 64.1 cm³/mol. The lowest BCUT2D eigenvalue weighted by atomic mass is 10.5. The SMILES string of the molecule is CCCOc1nc(NC)nc(N(C)CC)n1. The van der Waals surface area contributed by atoms with Crippen LogP contribution in [-0.4, -0.2) is 42.2 Å². The first-order valence-corrected chi connectivity index (χ1v) is 5.49. The van der Waals surface area contributed by atoms with Crippen LogP contribution in [-0.2, 0) is 0 Å². The maximum Gasteiger partial charge on any atom is 0.323 e. The molecule has 1 aromatic heterocycles. The van der Waals surface area contributed by atoms with Crippen molar-refractivity contribution in [2.24, 2.45) is 0 Å². The van der Waals surface area contributed by atoms with E-state index in [4.69, 9.17) is 4.74 Å². The van der Waals surface area contributed by atoms with Crippen LogP contribution in [0.3, 0.4) is 0 Å². The Morgan fingerprint density at radius 3 is 2.56 bits per heavy atom. The van der Waals surface area contributed by atoms with Crippen LogP contribution in [0.2, 0.25) is 0 Å². The molecule has 0 unspecified atom stereocenters. The van der Waals surface area contributed by atoms with Gasteiger partial charge in [0.05, 0.1) is 6.61 Å². The van der Waals surface area contributed by atoms with E-state index in [0.717, 1.165) is 13.0 Å². The fraction of sp³-hybridized carbons (Fsp3) is 0.700. The molecular weight excluding hydrogens is 206 g/mol. The molecule has 0 saturated carbocycles. The molecule has 0 aliphatic carbocycles. The molecule has 0 saturated heterocycles. The van der Waals surface area contributed by atoms with E-state index in [-0.39, 0.29) is 0 Å². The van der Waals surface area contributed by atoms with Crippen LogP contribution >= 0.6 is 0 Å². The van der Waals surface area contributed by atoms with Crippen LogP contribution in [0.25, 0.3) is 0 Å². The monoisotopic (exact) mass is 225 g/mol. The highest BCUT2D eigenvalue weighted by Gasteiger charge is 2.08. The molecule has 0 aromatic carbocycles. The molecule has 1 N–H and O–H groups in total. The van der Waals surface area contributed by atoms with Crippen molar-refractivity contribution in [2.45, 2.75) is 20.3 Å². The van der Waals surface area contributed by atoms with Gasteiger partial charge >= 0.3 is 6.01 Å². The molecule has 0 fully saturated rings. The molecule has 0 bridgehead atoms. The van der Waals surface area contributed by atoms with E-state index in [1.54, 1.807) is 7.05 Å². The molecule has 0 amide bonds. The van der Waals surface area contributed by atoms with E-state index in [1.807, 2.05) is 25.8 Å². The van der Waals surface area contributed by atoms with Crippen LogP contribution in [0, 0.1) is 0 Å². The smallest absolute Gasteiger partial charge is 0.323 e.